The summed E-state index contributed by atoms with van der Waals surface area (Å²) in [4.78, 5) is 6.46. The molecule has 1 N–H and O–H groups in total. The van der Waals surface area contributed by atoms with Crippen LogP contribution in [0.5, 0.6) is 5.75 Å². The summed E-state index contributed by atoms with van der Waals surface area (Å²) in [6.45, 7) is 1.21. The minimum atomic E-state index is -1.46. The number of aromatic nitrogens is 1. The van der Waals surface area contributed by atoms with Crippen LogP contribution in [0.1, 0.15) is 55.0 Å². The van der Waals surface area contributed by atoms with Crippen LogP contribution in [0, 0.1) is 22.9 Å². The van der Waals surface area contributed by atoms with Crippen molar-refractivity contribution in [1.82, 2.24) is 9.88 Å². The highest BCUT2D eigenvalue weighted by atomic mass is 19.2. The van der Waals surface area contributed by atoms with Crippen molar-refractivity contribution in [3.05, 3.63) is 70.7 Å². The van der Waals surface area contributed by atoms with E-state index in [1.54, 1.807) is 18.2 Å². The largest absolute Gasteiger partial charge is 0.497 e. The summed E-state index contributed by atoms with van der Waals surface area (Å²) >= 11 is 0. The van der Waals surface area contributed by atoms with Gasteiger partial charge in [0.15, 0.2) is 17.5 Å². The lowest BCUT2D eigenvalue weighted by atomic mass is 9.74. The van der Waals surface area contributed by atoms with Gasteiger partial charge in [-0.2, -0.15) is 0 Å². The Kier molecular flexibility index (Phi) is 9.20. The monoisotopic (exact) mass is 536 g/mol. The van der Waals surface area contributed by atoms with Gasteiger partial charge in [-0.05, 0) is 99.5 Å². The summed E-state index contributed by atoms with van der Waals surface area (Å²) in [6.07, 6.45) is 2.97. The van der Waals surface area contributed by atoms with Crippen LogP contribution in [0.25, 0.3) is 10.9 Å². The van der Waals surface area contributed by atoms with Gasteiger partial charge in [0, 0.05) is 29.3 Å². The fourth-order valence-electron chi connectivity index (χ4n) is 5.41. The predicted octanol–water partition coefficient (Wildman–Crippen LogP) is 6.63. The van der Waals surface area contributed by atoms with Gasteiger partial charge in [0.05, 0.1) is 12.6 Å². The molecule has 4 nitrogen and oxygen atoms in total. The number of hydrogen-bond donors (Lipinski definition) is 1. The molecule has 1 aromatic heterocycles. The Morgan fingerprint density at radius 3 is 2.45 bits per heavy atom. The average Bonchev–Trinajstić information content (AvgIpc) is 2.94. The molecule has 0 saturated carbocycles. The van der Waals surface area contributed by atoms with Gasteiger partial charge in [-0.25, -0.2) is 22.0 Å². The van der Waals surface area contributed by atoms with E-state index in [1.807, 2.05) is 0 Å². The molecular formula is C29H33F5N2O2. The molecule has 1 atom stereocenters. The van der Waals surface area contributed by atoms with Crippen LogP contribution < -0.4 is 4.74 Å². The fourth-order valence-corrected chi connectivity index (χ4v) is 5.41. The average molecular weight is 537 g/mol. The van der Waals surface area contributed by atoms with Crippen molar-refractivity contribution < 1.29 is 31.8 Å². The number of hydrogen-bond acceptors (Lipinski definition) is 4. The molecule has 1 aliphatic rings. The molecule has 0 radical (unpaired) electrons. The number of piperidine rings is 1. The molecule has 4 rings (SSSR count). The van der Waals surface area contributed by atoms with Gasteiger partial charge in [0.1, 0.15) is 18.6 Å². The molecule has 0 aliphatic carbocycles. The highest BCUT2D eigenvalue weighted by Gasteiger charge is 2.35. The molecule has 3 aromatic rings. The summed E-state index contributed by atoms with van der Waals surface area (Å²) in [5, 5.41) is 10.8. The van der Waals surface area contributed by atoms with Crippen LogP contribution in [0.4, 0.5) is 22.0 Å². The normalized spacial score (nSPS) is 16.6. The van der Waals surface area contributed by atoms with Gasteiger partial charge >= 0.3 is 0 Å². The van der Waals surface area contributed by atoms with Crippen molar-refractivity contribution >= 4 is 10.9 Å². The molecule has 38 heavy (non-hydrogen) atoms. The number of nitrogens with zero attached hydrogens (tertiary/aromatic N) is 2. The second kappa shape index (κ2) is 12.4. The van der Waals surface area contributed by atoms with Crippen molar-refractivity contribution in [2.75, 3.05) is 33.4 Å². The first-order valence-electron chi connectivity index (χ1n) is 12.9. The van der Waals surface area contributed by atoms with Crippen molar-refractivity contribution in [2.24, 2.45) is 5.41 Å². The van der Waals surface area contributed by atoms with Crippen molar-refractivity contribution in [2.45, 2.75) is 51.4 Å². The van der Waals surface area contributed by atoms with Gasteiger partial charge in [-0.3, -0.25) is 4.98 Å². The molecule has 1 aliphatic heterocycles. The molecule has 2 heterocycles. The molecule has 9 heteroatoms. The zero-order valence-electron chi connectivity index (χ0n) is 21.5. The van der Waals surface area contributed by atoms with E-state index in [2.05, 4.69) is 9.88 Å². The van der Waals surface area contributed by atoms with Crippen LogP contribution in [-0.4, -0.2) is 48.3 Å². The van der Waals surface area contributed by atoms with Crippen molar-refractivity contribution in [3.8, 4) is 5.75 Å². The van der Waals surface area contributed by atoms with E-state index in [4.69, 9.17) is 4.74 Å². The molecular weight excluding hydrogens is 503 g/mol. The second-order valence-electron chi connectivity index (χ2n) is 10.2. The first-order chi connectivity index (χ1) is 18.3. The van der Waals surface area contributed by atoms with Crippen molar-refractivity contribution in [1.29, 1.82) is 0 Å². The number of alkyl halides is 2. The Bertz CT molecular complexity index is 1220. The van der Waals surface area contributed by atoms with E-state index in [0.29, 0.717) is 74.0 Å². The maximum Gasteiger partial charge on any atom is 0.194 e. The van der Waals surface area contributed by atoms with E-state index in [1.165, 1.54) is 13.3 Å². The molecule has 1 unspecified atom stereocenters. The molecule has 2 aromatic carbocycles. The van der Waals surface area contributed by atoms with Gasteiger partial charge in [-0.15, -0.1) is 0 Å². The SMILES string of the molecule is COc1ccc2ncc(CF)c(C(F)CCC3(CO)CCN(CCCc4cc(F)c(F)c(F)c4)CC3)c2c1. The number of fused-ring (bicyclic) bond motifs is 1. The third kappa shape index (κ3) is 6.26. The molecule has 1 saturated heterocycles. The summed E-state index contributed by atoms with van der Waals surface area (Å²) in [6, 6.07) is 7.18. The van der Waals surface area contributed by atoms with E-state index < -0.39 is 35.7 Å². The van der Waals surface area contributed by atoms with Crippen LogP contribution in [0.15, 0.2) is 36.5 Å². The number of likely N-dealkylation sites (tertiary alicyclic amines) is 1. The smallest absolute Gasteiger partial charge is 0.194 e. The summed E-state index contributed by atoms with van der Waals surface area (Å²) in [7, 11) is 1.51. The van der Waals surface area contributed by atoms with Crippen LogP contribution in [0.3, 0.4) is 0 Å². The number of methoxy groups -OCH3 is 1. The summed E-state index contributed by atoms with van der Waals surface area (Å²) in [5.41, 5.74) is 1.05. The molecule has 0 amide bonds. The number of aliphatic hydroxyl groups excluding tert-OH is 1. The summed E-state index contributed by atoms with van der Waals surface area (Å²) in [5.74, 6) is -3.29. The second-order valence-corrected chi connectivity index (χ2v) is 10.2. The lowest BCUT2D eigenvalue weighted by molar-refractivity contribution is 0.0299. The highest BCUT2D eigenvalue weighted by Crippen LogP contribution is 2.41. The Balaban J connectivity index is 1.34. The summed E-state index contributed by atoms with van der Waals surface area (Å²) < 4.78 is 74.7. The van der Waals surface area contributed by atoms with Crippen LogP contribution in [-0.2, 0) is 13.1 Å². The Labute approximate surface area is 219 Å². The standard InChI is InChI=1S/C29H33F5N2O2/c1-38-21-4-5-26-22(15-21)27(20(16-30)17-35-26)23(31)6-7-29(18-37)8-11-36(12-9-29)10-2-3-19-13-24(32)28(34)25(33)14-19/h4-5,13-15,17,23,37H,2-3,6-12,16,18H2,1H3. The first-order valence-corrected chi connectivity index (χ1v) is 12.9. The zero-order chi connectivity index (χ0) is 27.3. The number of pyridine rings is 1. The quantitative estimate of drug-likeness (QED) is 0.221. The van der Waals surface area contributed by atoms with E-state index >= 15 is 4.39 Å². The molecule has 1 fully saturated rings. The Morgan fingerprint density at radius 2 is 1.82 bits per heavy atom. The third-order valence-electron chi connectivity index (χ3n) is 7.82. The van der Waals surface area contributed by atoms with Gasteiger partial charge in [0.25, 0.3) is 0 Å². The minimum absolute atomic E-state index is 0.0669. The van der Waals surface area contributed by atoms with E-state index in [0.717, 1.165) is 12.1 Å². The number of ether oxygens (including phenoxy) is 1. The first kappa shape index (κ1) is 28.2. The number of aliphatic hydroxyl groups is 1. The molecule has 0 spiro atoms. The van der Waals surface area contributed by atoms with Gasteiger partial charge in [0.2, 0.25) is 0 Å². The van der Waals surface area contributed by atoms with E-state index in [-0.39, 0.29) is 24.2 Å². The zero-order valence-corrected chi connectivity index (χ0v) is 21.5. The maximum atomic E-state index is 15.7. The molecule has 206 valence electrons. The van der Waals surface area contributed by atoms with Crippen LogP contribution >= 0.6 is 0 Å². The topological polar surface area (TPSA) is 45.6 Å². The molecule has 0 bridgehead atoms. The van der Waals surface area contributed by atoms with Crippen LogP contribution in [0.2, 0.25) is 0 Å². The Hall–Kier alpha value is -2.78. The fraction of sp³-hybridized carbons (Fsp3) is 0.483. The minimum Gasteiger partial charge on any atom is -0.497 e. The number of benzene rings is 2. The number of halogens is 5. The Morgan fingerprint density at radius 1 is 1.11 bits per heavy atom. The lowest BCUT2D eigenvalue weighted by Gasteiger charge is -2.41. The maximum absolute atomic E-state index is 15.7. The number of aryl methyl sites for hydroxylation is 1. The van der Waals surface area contributed by atoms with Gasteiger partial charge in [-0.1, -0.05) is 0 Å². The highest BCUT2D eigenvalue weighted by molar-refractivity contribution is 5.85. The predicted molar refractivity (Wildman–Crippen MR) is 136 cm³/mol. The van der Waals surface area contributed by atoms with E-state index in [9.17, 15) is 22.7 Å². The lowest BCUT2D eigenvalue weighted by Crippen LogP contribution is -2.42. The van der Waals surface area contributed by atoms with Crippen molar-refractivity contribution in [3.63, 3.8) is 0 Å². The third-order valence-corrected chi connectivity index (χ3v) is 7.82. The van der Waals surface area contributed by atoms with Gasteiger partial charge < -0.3 is 14.7 Å². The number of rotatable bonds is 11.